The lowest BCUT2D eigenvalue weighted by Crippen LogP contribution is -2.20. The number of hydrogen-bond acceptors (Lipinski definition) is 3. The summed E-state index contributed by atoms with van der Waals surface area (Å²) >= 11 is 0. The zero-order valence-corrected chi connectivity index (χ0v) is 15.4. The summed E-state index contributed by atoms with van der Waals surface area (Å²) in [4.78, 5) is 27.9. The molecule has 4 aromatic rings. The van der Waals surface area contributed by atoms with E-state index in [4.69, 9.17) is 5.11 Å². The highest BCUT2D eigenvalue weighted by atomic mass is 16.4. The lowest BCUT2D eigenvalue weighted by Gasteiger charge is -2.08. The van der Waals surface area contributed by atoms with Crippen molar-refractivity contribution in [2.75, 3.05) is 0 Å². The third-order valence-corrected chi connectivity index (χ3v) is 4.59. The fraction of sp³-hybridized carbons (Fsp3) is 0.0870. The number of nitrogens with zero attached hydrogens (tertiary/aromatic N) is 3. The number of pyridine rings is 1. The first-order valence-electron chi connectivity index (χ1n) is 9.00. The van der Waals surface area contributed by atoms with Crippen molar-refractivity contribution in [1.82, 2.24) is 14.1 Å². The molecule has 0 spiro atoms. The van der Waals surface area contributed by atoms with Crippen LogP contribution in [-0.2, 0) is 13.1 Å². The molecule has 0 aliphatic rings. The minimum absolute atomic E-state index is 0.108. The Morgan fingerprint density at radius 2 is 1.90 bits per heavy atom. The SMILES string of the molecule is O=C(O)c1ccc(Cn2ccc3ccc(C#CCn4ccnc4)cc3c2=O)cc1. The van der Waals surface area contributed by atoms with E-state index in [9.17, 15) is 9.59 Å². The van der Waals surface area contributed by atoms with E-state index in [0.717, 1.165) is 16.5 Å². The fourth-order valence-corrected chi connectivity index (χ4v) is 3.04. The van der Waals surface area contributed by atoms with Gasteiger partial charge in [0.2, 0.25) is 0 Å². The smallest absolute Gasteiger partial charge is 0.335 e. The van der Waals surface area contributed by atoms with Gasteiger partial charge in [-0.15, -0.1) is 0 Å². The van der Waals surface area contributed by atoms with E-state index in [0.29, 0.717) is 18.5 Å². The van der Waals surface area contributed by atoms with Gasteiger partial charge >= 0.3 is 5.97 Å². The quantitative estimate of drug-likeness (QED) is 0.550. The van der Waals surface area contributed by atoms with Gasteiger partial charge in [-0.2, -0.15) is 0 Å². The molecule has 0 bridgehead atoms. The summed E-state index contributed by atoms with van der Waals surface area (Å²) in [6.45, 7) is 0.897. The summed E-state index contributed by atoms with van der Waals surface area (Å²) < 4.78 is 3.48. The van der Waals surface area contributed by atoms with Crippen molar-refractivity contribution in [2.45, 2.75) is 13.1 Å². The van der Waals surface area contributed by atoms with Gasteiger partial charge in [-0.05, 0) is 41.3 Å². The van der Waals surface area contributed by atoms with E-state index in [1.54, 1.807) is 35.4 Å². The number of fused-ring (bicyclic) bond motifs is 1. The van der Waals surface area contributed by atoms with Gasteiger partial charge in [0, 0.05) is 29.5 Å². The van der Waals surface area contributed by atoms with Crippen LogP contribution < -0.4 is 5.56 Å². The zero-order valence-electron chi connectivity index (χ0n) is 15.4. The van der Waals surface area contributed by atoms with Crippen LogP contribution >= 0.6 is 0 Å². The maximum Gasteiger partial charge on any atom is 0.335 e. The number of benzene rings is 2. The van der Waals surface area contributed by atoms with Gasteiger partial charge in [-0.1, -0.05) is 30.0 Å². The molecule has 4 rings (SSSR count). The third-order valence-electron chi connectivity index (χ3n) is 4.59. The molecule has 0 radical (unpaired) electrons. The first-order valence-corrected chi connectivity index (χ1v) is 9.00. The molecule has 0 aliphatic carbocycles. The maximum absolute atomic E-state index is 12.9. The minimum atomic E-state index is -0.971. The molecule has 2 aromatic carbocycles. The predicted octanol–water partition coefficient (Wildman–Crippen LogP) is 3.00. The summed E-state index contributed by atoms with van der Waals surface area (Å²) in [5.41, 5.74) is 1.74. The lowest BCUT2D eigenvalue weighted by atomic mass is 10.1. The fourth-order valence-electron chi connectivity index (χ4n) is 3.04. The first kappa shape index (κ1) is 18.3. The van der Waals surface area contributed by atoms with Crippen molar-refractivity contribution >= 4 is 16.7 Å². The van der Waals surface area contributed by atoms with Crippen molar-refractivity contribution in [3.8, 4) is 11.8 Å². The van der Waals surface area contributed by atoms with Crippen molar-refractivity contribution in [2.24, 2.45) is 0 Å². The average molecular weight is 383 g/mol. The molecule has 0 amide bonds. The van der Waals surface area contributed by atoms with Crippen LogP contribution in [0.25, 0.3) is 10.8 Å². The molecule has 0 atom stereocenters. The van der Waals surface area contributed by atoms with Gasteiger partial charge in [0.25, 0.3) is 5.56 Å². The highest BCUT2D eigenvalue weighted by Crippen LogP contribution is 2.13. The Kier molecular flexibility index (Phi) is 4.95. The van der Waals surface area contributed by atoms with Crippen LogP contribution in [0, 0.1) is 11.8 Å². The molecule has 29 heavy (non-hydrogen) atoms. The zero-order chi connectivity index (χ0) is 20.2. The molecule has 1 N–H and O–H groups in total. The summed E-state index contributed by atoms with van der Waals surface area (Å²) in [6.07, 6.45) is 7.00. The van der Waals surface area contributed by atoms with Gasteiger partial charge in [-0.25, -0.2) is 9.78 Å². The Bertz CT molecular complexity index is 1290. The maximum atomic E-state index is 12.9. The van der Waals surface area contributed by atoms with E-state index in [2.05, 4.69) is 16.8 Å². The Labute approximate surface area is 166 Å². The molecule has 6 heteroatoms. The van der Waals surface area contributed by atoms with Crippen molar-refractivity contribution in [3.63, 3.8) is 0 Å². The Hall–Kier alpha value is -4.11. The molecule has 0 fully saturated rings. The number of aromatic carboxylic acids is 1. The average Bonchev–Trinajstić information content (AvgIpc) is 3.24. The van der Waals surface area contributed by atoms with Crippen molar-refractivity contribution < 1.29 is 9.90 Å². The largest absolute Gasteiger partial charge is 0.478 e. The highest BCUT2D eigenvalue weighted by Gasteiger charge is 2.06. The Morgan fingerprint density at radius 1 is 1.07 bits per heavy atom. The van der Waals surface area contributed by atoms with Gasteiger partial charge in [-0.3, -0.25) is 4.79 Å². The molecular weight excluding hydrogens is 366 g/mol. The molecule has 0 aliphatic heterocycles. The predicted molar refractivity (Wildman–Crippen MR) is 110 cm³/mol. The van der Waals surface area contributed by atoms with E-state index < -0.39 is 5.97 Å². The Balaban J connectivity index is 1.61. The molecular formula is C23H17N3O3. The van der Waals surface area contributed by atoms with Crippen molar-refractivity contribution in [1.29, 1.82) is 0 Å². The van der Waals surface area contributed by atoms with Crippen LogP contribution in [0.15, 0.2) is 78.2 Å². The van der Waals surface area contributed by atoms with Gasteiger partial charge < -0.3 is 14.2 Å². The molecule has 142 valence electrons. The van der Waals surface area contributed by atoms with Gasteiger partial charge in [0.1, 0.15) is 0 Å². The number of aromatic nitrogens is 3. The lowest BCUT2D eigenvalue weighted by molar-refractivity contribution is 0.0697. The van der Waals surface area contributed by atoms with Gasteiger partial charge in [0.15, 0.2) is 0 Å². The van der Waals surface area contributed by atoms with Crippen LogP contribution in [0.1, 0.15) is 21.5 Å². The second-order valence-electron chi connectivity index (χ2n) is 6.59. The third kappa shape index (κ3) is 4.09. The first-order chi connectivity index (χ1) is 14.1. The number of carboxylic acid groups (broad SMARTS) is 1. The molecule has 0 saturated carbocycles. The molecule has 0 unspecified atom stereocenters. The van der Waals surface area contributed by atoms with E-state index in [1.165, 1.54) is 12.1 Å². The van der Waals surface area contributed by atoms with E-state index >= 15 is 0 Å². The normalized spacial score (nSPS) is 10.5. The van der Waals surface area contributed by atoms with Crippen molar-refractivity contribution in [3.05, 3.63) is 100 Å². The summed E-state index contributed by atoms with van der Waals surface area (Å²) in [5.74, 6) is 5.19. The molecule has 2 aromatic heterocycles. The standard InChI is InChI=1S/C23H17N3O3/c27-22-21-14-17(2-1-11-25-13-10-24-16-25)3-6-19(21)9-12-26(22)15-18-4-7-20(8-5-18)23(28)29/h3-10,12-14,16H,11,15H2,(H,28,29). The topological polar surface area (TPSA) is 77.1 Å². The second-order valence-corrected chi connectivity index (χ2v) is 6.59. The Morgan fingerprint density at radius 3 is 2.62 bits per heavy atom. The van der Waals surface area contributed by atoms with Crippen LogP contribution in [-0.4, -0.2) is 25.2 Å². The summed E-state index contributed by atoms with van der Waals surface area (Å²) in [5, 5.41) is 10.5. The summed E-state index contributed by atoms with van der Waals surface area (Å²) in [6, 6.07) is 14.0. The highest BCUT2D eigenvalue weighted by molar-refractivity contribution is 5.87. The number of hydrogen-bond donors (Lipinski definition) is 1. The van der Waals surface area contributed by atoms with Gasteiger partial charge in [0.05, 0.1) is 25.0 Å². The van der Waals surface area contributed by atoms with Crippen LogP contribution in [0.5, 0.6) is 0 Å². The number of carbonyl (C=O) groups is 1. The monoisotopic (exact) mass is 383 g/mol. The van der Waals surface area contributed by atoms with Crippen LogP contribution in [0.3, 0.4) is 0 Å². The summed E-state index contributed by atoms with van der Waals surface area (Å²) in [7, 11) is 0. The second kappa shape index (κ2) is 7.87. The number of rotatable bonds is 4. The number of imidazole rings is 1. The molecule has 6 nitrogen and oxygen atoms in total. The molecule has 0 saturated heterocycles. The van der Waals surface area contributed by atoms with E-state index in [1.807, 2.05) is 35.0 Å². The van der Waals surface area contributed by atoms with E-state index in [-0.39, 0.29) is 11.1 Å². The minimum Gasteiger partial charge on any atom is -0.478 e. The number of carboxylic acids is 1. The van der Waals surface area contributed by atoms with Crippen LogP contribution in [0.2, 0.25) is 0 Å². The van der Waals surface area contributed by atoms with Crippen LogP contribution in [0.4, 0.5) is 0 Å². The molecule has 2 heterocycles.